The average molecular weight is 293 g/mol. The number of fused-ring (bicyclic) bond motifs is 1. The molecule has 0 bridgehead atoms. The minimum atomic E-state index is -1.19. The molecule has 0 radical (unpaired) electrons. The van der Waals surface area contributed by atoms with Crippen molar-refractivity contribution < 1.29 is 20.1 Å². The summed E-state index contributed by atoms with van der Waals surface area (Å²) in [5.74, 6) is 0.227. The number of ether oxygens (including phenoxy) is 1. The first-order valence-electron chi connectivity index (χ1n) is 6.69. The lowest BCUT2D eigenvalue weighted by Gasteiger charge is -2.44. The molecule has 0 amide bonds. The molecule has 0 aromatic carbocycles. The van der Waals surface area contributed by atoms with Crippen molar-refractivity contribution >= 4 is 17.0 Å². The van der Waals surface area contributed by atoms with Crippen molar-refractivity contribution in [1.29, 1.82) is 0 Å². The van der Waals surface area contributed by atoms with Crippen LogP contribution in [0.5, 0.6) is 0 Å². The van der Waals surface area contributed by atoms with Crippen LogP contribution in [0.15, 0.2) is 12.7 Å². The molecule has 1 aliphatic heterocycles. The number of aliphatic hydroxyl groups is 3. The van der Waals surface area contributed by atoms with Gasteiger partial charge in [0.05, 0.1) is 12.4 Å². The van der Waals surface area contributed by atoms with Crippen LogP contribution < -0.4 is 5.73 Å². The summed E-state index contributed by atoms with van der Waals surface area (Å²) in [5.41, 5.74) is 5.42. The van der Waals surface area contributed by atoms with E-state index in [1.54, 1.807) is 0 Å². The largest absolute Gasteiger partial charge is 0.390 e. The van der Waals surface area contributed by atoms with Crippen molar-refractivity contribution in [2.75, 3.05) is 5.73 Å². The fraction of sp³-hybridized carbons (Fsp3) is 0.583. The Bertz CT molecular complexity index is 706. The number of hydrogen-bond acceptors (Lipinski definition) is 8. The molecule has 5 N–H and O–H groups in total. The summed E-state index contributed by atoms with van der Waals surface area (Å²) in [6.07, 6.45) is -0.266. The molecule has 112 valence electrons. The van der Waals surface area contributed by atoms with Crippen LogP contribution in [0.1, 0.15) is 19.1 Å². The first-order valence-corrected chi connectivity index (χ1v) is 6.69. The van der Waals surface area contributed by atoms with Gasteiger partial charge in [-0.3, -0.25) is 4.57 Å². The standard InChI is InChI=1S/C12H15N5O4/c13-9-6-10(15-3-14-9)17(4-16-6)11-7(19)8(20)12(21-11)2-1-5(12)18/h3-5,7-8,11,18-20H,1-2H2,(H2,13,14,15)/t5-,7+,8?,11?,12-/m1/s1. The molecular weight excluding hydrogens is 278 g/mol. The van der Waals surface area contributed by atoms with Gasteiger partial charge in [0.1, 0.15) is 29.7 Å². The Morgan fingerprint density at radius 2 is 2.10 bits per heavy atom. The maximum Gasteiger partial charge on any atom is 0.167 e. The number of nitrogens with two attached hydrogens (primary N) is 1. The van der Waals surface area contributed by atoms with Crippen LogP contribution in [0.4, 0.5) is 5.82 Å². The maximum atomic E-state index is 10.3. The van der Waals surface area contributed by atoms with Gasteiger partial charge in [-0.05, 0) is 12.8 Å². The van der Waals surface area contributed by atoms with E-state index in [0.717, 1.165) is 0 Å². The quantitative estimate of drug-likeness (QED) is 0.501. The molecule has 1 aliphatic carbocycles. The highest BCUT2D eigenvalue weighted by molar-refractivity contribution is 5.81. The lowest BCUT2D eigenvalue weighted by atomic mass is 9.73. The number of imidazole rings is 1. The van der Waals surface area contributed by atoms with Gasteiger partial charge in [-0.1, -0.05) is 0 Å². The molecule has 9 heteroatoms. The maximum absolute atomic E-state index is 10.3. The first kappa shape index (κ1) is 12.9. The van der Waals surface area contributed by atoms with E-state index in [2.05, 4.69) is 15.0 Å². The molecular formula is C12H15N5O4. The Labute approximate surface area is 119 Å². The van der Waals surface area contributed by atoms with E-state index in [4.69, 9.17) is 10.5 Å². The van der Waals surface area contributed by atoms with Gasteiger partial charge in [-0.2, -0.15) is 0 Å². The molecule has 1 saturated heterocycles. The van der Waals surface area contributed by atoms with Gasteiger partial charge in [0.15, 0.2) is 17.7 Å². The van der Waals surface area contributed by atoms with Crippen LogP contribution in [0, 0.1) is 0 Å². The zero-order chi connectivity index (χ0) is 14.8. The van der Waals surface area contributed by atoms with Crippen LogP contribution in [-0.4, -0.2) is 58.8 Å². The number of hydrogen-bond donors (Lipinski definition) is 4. The number of nitrogen functional groups attached to an aromatic ring is 1. The molecule has 4 rings (SSSR count). The molecule has 2 unspecified atom stereocenters. The van der Waals surface area contributed by atoms with Gasteiger partial charge in [0.25, 0.3) is 0 Å². The summed E-state index contributed by atoms with van der Waals surface area (Å²) < 4.78 is 7.29. The Balaban J connectivity index is 1.78. The van der Waals surface area contributed by atoms with E-state index < -0.39 is 30.1 Å². The zero-order valence-corrected chi connectivity index (χ0v) is 11.0. The highest BCUT2D eigenvalue weighted by atomic mass is 16.6. The van der Waals surface area contributed by atoms with Gasteiger partial charge in [0, 0.05) is 0 Å². The highest BCUT2D eigenvalue weighted by Gasteiger charge is 2.63. The monoisotopic (exact) mass is 293 g/mol. The summed E-state index contributed by atoms with van der Waals surface area (Å²) in [6.45, 7) is 0. The van der Waals surface area contributed by atoms with Crippen LogP contribution in [-0.2, 0) is 4.74 Å². The topological polar surface area (TPSA) is 140 Å². The van der Waals surface area contributed by atoms with E-state index in [-0.39, 0.29) is 5.82 Å². The lowest BCUT2D eigenvalue weighted by Crippen LogP contribution is -2.59. The van der Waals surface area contributed by atoms with Gasteiger partial charge < -0.3 is 25.8 Å². The number of anilines is 1. The molecule has 3 heterocycles. The second-order valence-corrected chi connectivity index (χ2v) is 5.54. The van der Waals surface area contributed by atoms with Gasteiger partial charge in [0.2, 0.25) is 0 Å². The lowest BCUT2D eigenvalue weighted by molar-refractivity contribution is -0.213. The van der Waals surface area contributed by atoms with Crippen LogP contribution >= 0.6 is 0 Å². The summed E-state index contributed by atoms with van der Waals surface area (Å²) >= 11 is 0. The highest BCUT2D eigenvalue weighted by Crippen LogP contribution is 2.49. The second kappa shape index (κ2) is 4.10. The Hall–Kier alpha value is -1.81. The Kier molecular flexibility index (Phi) is 2.52. The van der Waals surface area contributed by atoms with E-state index >= 15 is 0 Å². The van der Waals surface area contributed by atoms with E-state index in [1.807, 2.05) is 0 Å². The van der Waals surface area contributed by atoms with E-state index in [0.29, 0.717) is 24.0 Å². The van der Waals surface area contributed by atoms with Gasteiger partial charge >= 0.3 is 0 Å². The van der Waals surface area contributed by atoms with Crippen molar-refractivity contribution in [3.63, 3.8) is 0 Å². The SMILES string of the molecule is Nc1ncnc2c1ncn2C1O[C@@]2(CC[C@H]2O)C(O)[C@@H]1O. The molecule has 2 fully saturated rings. The molecule has 1 spiro atoms. The summed E-state index contributed by atoms with van der Waals surface area (Å²) in [7, 11) is 0. The molecule has 9 nitrogen and oxygen atoms in total. The third kappa shape index (κ3) is 1.51. The summed E-state index contributed by atoms with van der Waals surface area (Å²) in [5, 5.41) is 30.4. The number of rotatable bonds is 1. The summed E-state index contributed by atoms with van der Waals surface area (Å²) in [6, 6.07) is 0. The molecule has 2 aromatic rings. The van der Waals surface area contributed by atoms with Crippen molar-refractivity contribution in [2.24, 2.45) is 0 Å². The van der Waals surface area contributed by atoms with Crippen LogP contribution in [0.2, 0.25) is 0 Å². The second-order valence-electron chi connectivity index (χ2n) is 5.54. The van der Waals surface area contributed by atoms with Gasteiger partial charge in [-0.25, -0.2) is 15.0 Å². The van der Waals surface area contributed by atoms with E-state index in [1.165, 1.54) is 17.2 Å². The predicted octanol–water partition coefficient (Wildman–Crippen LogP) is -1.45. The van der Waals surface area contributed by atoms with Crippen molar-refractivity contribution in [1.82, 2.24) is 19.5 Å². The predicted molar refractivity (Wildman–Crippen MR) is 69.8 cm³/mol. The smallest absolute Gasteiger partial charge is 0.167 e. The van der Waals surface area contributed by atoms with Crippen LogP contribution in [0.25, 0.3) is 11.2 Å². The molecule has 1 saturated carbocycles. The van der Waals surface area contributed by atoms with Crippen molar-refractivity contribution in [3.05, 3.63) is 12.7 Å². The molecule has 2 aromatic heterocycles. The third-order valence-corrected chi connectivity index (χ3v) is 4.49. The minimum Gasteiger partial charge on any atom is -0.390 e. The first-order chi connectivity index (χ1) is 10.0. The normalized spacial score (nSPS) is 39.0. The Morgan fingerprint density at radius 1 is 1.29 bits per heavy atom. The summed E-state index contributed by atoms with van der Waals surface area (Å²) in [4.78, 5) is 12.0. The molecule has 21 heavy (non-hydrogen) atoms. The van der Waals surface area contributed by atoms with Crippen molar-refractivity contribution in [3.8, 4) is 0 Å². The van der Waals surface area contributed by atoms with Crippen LogP contribution in [0.3, 0.4) is 0 Å². The fourth-order valence-electron chi connectivity index (χ4n) is 3.13. The molecule has 5 atom stereocenters. The molecule has 2 aliphatic rings. The zero-order valence-electron chi connectivity index (χ0n) is 11.0. The van der Waals surface area contributed by atoms with Crippen molar-refractivity contribution in [2.45, 2.75) is 43.0 Å². The number of aromatic nitrogens is 4. The third-order valence-electron chi connectivity index (χ3n) is 4.49. The fourth-order valence-corrected chi connectivity index (χ4v) is 3.13. The average Bonchev–Trinajstić information content (AvgIpc) is 3.01. The number of nitrogens with zero attached hydrogens (tertiary/aromatic N) is 4. The van der Waals surface area contributed by atoms with E-state index in [9.17, 15) is 15.3 Å². The van der Waals surface area contributed by atoms with Gasteiger partial charge in [-0.15, -0.1) is 0 Å². The number of aliphatic hydroxyl groups excluding tert-OH is 3. The Morgan fingerprint density at radius 3 is 2.71 bits per heavy atom. The minimum absolute atomic E-state index is 0.227.